The first-order valence-corrected chi connectivity index (χ1v) is 7.64. The van der Waals surface area contributed by atoms with E-state index in [0.717, 1.165) is 25.2 Å². The molecular formula is C17H21N3O2. The maximum Gasteiger partial charge on any atom is 0.410 e. The molecule has 0 radical (unpaired) electrons. The summed E-state index contributed by atoms with van der Waals surface area (Å²) in [7, 11) is 0. The molecule has 0 aromatic heterocycles. The predicted octanol–water partition coefficient (Wildman–Crippen LogP) is 2.76. The van der Waals surface area contributed by atoms with Gasteiger partial charge in [-0.25, -0.2) is 4.79 Å². The number of nitrogens with zero attached hydrogens (tertiary/aromatic N) is 3. The van der Waals surface area contributed by atoms with E-state index in [-0.39, 0.29) is 18.2 Å². The molecule has 5 nitrogen and oxygen atoms in total. The minimum absolute atomic E-state index is 0.181. The first-order valence-electron chi connectivity index (χ1n) is 7.64. The number of carbonyl (C=O) groups is 1. The van der Waals surface area contributed by atoms with Crippen molar-refractivity contribution in [2.75, 3.05) is 18.0 Å². The zero-order chi connectivity index (χ0) is 15.9. The normalized spacial score (nSPS) is 23.5. The van der Waals surface area contributed by atoms with Crippen molar-refractivity contribution in [3.63, 3.8) is 0 Å². The van der Waals surface area contributed by atoms with E-state index in [4.69, 9.17) is 4.74 Å². The number of amides is 1. The third-order valence-corrected chi connectivity index (χ3v) is 4.16. The van der Waals surface area contributed by atoms with E-state index in [0.29, 0.717) is 5.56 Å². The molecule has 5 heteroatoms. The Kier molecular flexibility index (Phi) is 3.48. The van der Waals surface area contributed by atoms with Crippen LogP contribution in [0.1, 0.15) is 32.8 Å². The monoisotopic (exact) mass is 299 g/mol. The van der Waals surface area contributed by atoms with E-state index in [1.54, 1.807) is 0 Å². The lowest BCUT2D eigenvalue weighted by Gasteiger charge is -2.56. The number of anilines is 1. The van der Waals surface area contributed by atoms with Gasteiger partial charge >= 0.3 is 6.09 Å². The number of fused-ring (bicyclic) bond motifs is 2. The van der Waals surface area contributed by atoms with Gasteiger partial charge in [0.2, 0.25) is 0 Å². The molecule has 3 aliphatic heterocycles. The van der Waals surface area contributed by atoms with Crippen LogP contribution in [0, 0.1) is 11.3 Å². The maximum atomic E-state index is 12.3. The van der Waals surface area contributed by atoms with E-state index >= 15 is 0 Å². The highest BCUT2D eigenvalue weighted by Gasteiger charge is 2.49. The van der Waals surface area contributed by atoms with E-state index in [2.05, 4.69) is 11.0 Å². The molecule has 4 rings (SSSR count). The molecule has 2 bridgehead atoms. The number of nitriles is 1. The Hall–Kier alpha value is -2.22. The number of para-hydroxylation sites is 1. The molecule has 3 aliphatic rings. The van der Waals surface area contributed by atoms with Gasteiger partial charge in [0.05, 0.1) is 23.3 Å². The highest BCUT2D eigenvalue weighted by atomic mass is 16.6. The molecule has 116 valence electrons. The van der Waals surface area contributed by atoms with E-state index in [1.807, 2.05) is 49.9 Å². The Labute approximate surface area is 131 Å². The highest BCUT2D eigenvalue weighted by molar-refractivity contribution is 5.71. The van der Waals surface area contributed by atoms with Crippen molar-refractivity contribution in [2.45, 2.75) is 44.9 Å². The van der Waals surface area contributed by atoms with Crippen LogP contribution in [-0.4, -0.2) is 41.8 Å². The van der Waals surface area contributed by atoms with Crippen molar-refractivity contribution >= 4 is 11.8 Å². The van der Waals surface area contributed by atoms with Gasteiger partial charge in [0.1, 0.15) is 11.7 Å². The van der Waals surface area contributed by atoms with Crippen molar-refractivity contribution in [1.29, 1.82) is 5.26 Å². The van der Waals surface area contributed by atoms with Crippen LogP contribution in [0.4, 0.5) is 10.5 Å². The lowest BCUT2D eigenvalue weighted by atomic mass is 9.87. The van der Waals surface area contributed by atoms with Crippen LogP contribution < -0.4 is 4.90 Å². The van der Waals surface area contributed by atoms with Crippen molar-refractivity contribution in [3.05, 3.63) is 29.8 Å². The summed E-state index contributed by atoms with van der Waals surface area (Å²) in [4.78, 5) is 16.3. The number of carbonyl (C=O) groups excluding carboxylic acids is 1. The second kappa shape index (κ2) is 5.20. The molecule has 22 heavy (non-hydrogen) atoms. The number of piperazine rings is 1. The maximum absolute atomic E-state index is 12.3. The molecule has 1 aromatic rings. The van der Waals surface area contributed by atoms with Gasteiger partial charge in [0.25, 0.3) is 0 Å². The van der Waals surface area contributed by atoms with E-state index in [1.165, 1.54) is 0 Å². The number of ether oxygens (including phenoxy) is 1. The molecule has 2 unspecified atom stereocenters. The van der Waals surface area contributed by atoms with Crippen LogP contribution in [0.25, 0.3) is 0 Å². The van der Waals surface area contributed by atoms with Gasteiger partial charge in [-0.15, -0.1) is 0 Å². The van der Waals surface area contributed by atoms with Crippen LogP contribution in [0.3, 0.4) is 0 Å². The zero-order valence-corrected chi connectivity index (χ0v) is 13.2. The number of hydrogen-bond acceptors (Lipinski definition) is 4. The van der Waals surface area contributed by atoms with Gasteiger partial charge in [-0.3, -0.25) is 4.90 Å². The Bertz CT molecular complexity index is 618. The standard InChI is InChI=1S/C17H21N3O2/c1-17(2,3)22-16(21)20-13-8-14(20)11-19(10-13)15-7-5-4-6-12(15)9-18/h4-7,13-14H,8,10-11H2,1-3H3. The third-order valence-electron chi connectivity index (χ3n) is 4.16. The van der Waals surface area contributed by atoms with E-state index < -0.39 is 5.60 Å². The summed E-state index contributed by atoms with van der Waals surface area (Å²) in [5.41, 5.74) is 1.18. The second-order valence-corrected chi connectivity index (χ2v) is 6.96. The summed E-state index contributed by atoms with van der Waals surface area (Å²) in [5.74, 6) is 0. The Balaban J connectivity index is 1.70. The highest BCUT2D eigenvalue weighted by Crippen LogP contribution is 2.36. The minimum atomic E-state index is -0.464. The summed E-state index contributed by atoms with van der Waals surface area (Å²) < 4.78 is 5.48. The molecule has 0 spiro atoms. The third kappa shape index (κ3) is 2.61. The molecular weight excluding hydrogens is 278 g/mol. The average molecular weight is 299 g/mol. The molecule has 3 heterocycles. The summed E-state index contributed by atoms with van der Waals surface area (Å²) in [5, 5.41) is 9.23. The van der Waals surface area contributed by atoms with Crippen molar-refractivity contribution in [3.8, 4) is 6.07 Å². The fraction of sp³-hybridized carbons (Fsp3) is 0.529. The molecule has 0 aliphatic carbocycles. The average Bonchev–Trinajstić information content (AvgIpc) is 2.45. The first-order chi connectivity index (χ1) is 10.4. The van der Waals surface area contributed by atoms with Gasteiger partial charge in [-0.2, -0.15) is 5.26 Å². The summed E-state index contributed by atoms with van der Waals surface area (Å²) in [6, 6.07) is 10.2. The van der Waals surface area contributed by atoms with Crippen molar-refractivity contribution < 1.29 is 9.53 Å². The van der Waals surface area contributed by atoms with E-state index in [9.17, 15) is 10.1 Å². The summed E-state index contributed by atoms with van der Waals surface area (Å²) >= 11 is 0. The van der Waals surface area contributed by atoms with Gasteiger partial charge in [0, 0.05) is 13.1 Å². The Morgan fingerprint density at radius 1 is 1.27 bits per heavy atom. The second-order valence-electron chi connectivity index (χ2n) is 6.96. The smallest absolute Gasteiger partial charge is 0.410 e. The lowest BCUT2D eigenvalue weighted by Crippen LogP contribution is -2.70. The van der Waals surface area contributed by atoms with Crippen LogP contribution in [0.2, 0.25) is 0 Å². The zero-order valence-electron chi connectivity index (χ0n) is 13.2. The molecule has 3 fully saturated rings. The summed E-state index contributed by atoms with van der Waals surface area (Å²) in [6.07, 6.45) is 0.798. The van der Waals surface area contributed by atoms with Crippen LogP contribution in [0.15, 0.2) is 24.3 Å². The van der Waals surface area contributed by atoms with Crippen LogP contribution >= 0.6 is 0 Å². The van der Waals surface area contributed by atoms with Gasteiger partial charge in [-0.1, -0.05) is 12.1 Å². The first kappa shape index (κ1) is 14.7. The lowest BCUT2D eigenvalue weighted by molar-refractivity contribution is -0.0379. The molecule has 0 N–H and O–H groups in total. The van der Waals surface area contributed by atoms with Crippen LogP contribution in [0.5, 0.6) is 0 Å². The van der Waals surface area contributed by atoms with Gasteiger partial charge in [-0.05, 0) is 39.3 Å². The Morgan fingerprint density at radius 2 is 1.91 bits per heavy atom. The quantitative estimate of drug-likeness (QED) is 0.800. The Morgan fingerprint density at radius 3 is 2.50 bits per heavy atom. The van der Waals surface area contributed by atoms with Crippen molar-refractivity contribution in [2.24, 2.45) is 0 Å². The predicted molar refractivity (Wildman–Crippen MR) is 83.6 cm³/mol. The number of benzene rings is 1. The fourth-order valence-corrected chi connectivity index (χ4v) is 3.26. The molecule has 0 saturated carbocycles. The number of piperidine rings is 1. The molecule has 1 aromatic carbocycles. The minimum Gasteiger partial charge on any atom is -0.444 e. The largest absolute Gasteiger partial charge is 0.444 e. The SMILES string of the molecule is CC(C)(C)OC(=O)N1C2CC1CN(c1ccccc1C#N)C2. The fourth-order valence-electron chi connectivity index (χ4n) is 3.26. The molecule has 3 saturated heterocycles. The number of hydrogen-bond donors (Lipinski definition) is 0. The van der Waals surface area contributed by atoms with Crippen molar-refractivity contribution in [1.82, 2.24) is 4.90 Å². The topological polar surface area (TPSA) is 56.6 Å². The molecule has 1 amide bonds. The number of rotatable bonds is 1. The van der Waals surface area contributed by atoms with Crippen LogP contribution in [-0.2, 0) is 4.74 Å². The van der Waals surface area contributed by atoms with Gasteiger partial charge < -0.3 is 9.64 Å². The molecule has 2 atom stereocenters. The summed E-state index contributed by atoms with van der Waals surface area (Å²) in [6.45, 7) is 7.17. The van der Waals surface area contributed by atoms with Gasteiger partial charge in [0.15, 0.2) is 0 Å².